The van der Waals surface area contributed by atoms with E-state index in [9.17, 15) is 9.59 Å². The summed E-state index contributed by atoms with van der Waals surface area (Å²) in [5.74, 6) is 0.268. The second-order valence-electron chi connectivity index (χ2n) is 10.1. The van der Waals surface area contributed by atoms with Crippen LogP contribution >= 0.6 is 0 Å². The topological polar surface area (TPSA) is 67.4 Å². The Labute approximate surface area is 202 Å². The number of rotatable bonds is 6. The highest BCUT2D eigenvalue weighted by atomic mass is 16.5. The van der Waals surface area contributed by atoms with Crippen molar-refractivity contribution in [1.82, 2.24) is 5.32 Å². The first-order chi connectivity index (χ1) is 16.2. The highest BCUT2D eigenvalue weighted by molar-refractivity contribution is 6.10. The zero-order valence-corrected chi connectivity index (χ0v) is 20.7. The number of hydrogen-bond donors (Lipinski definition) is 2. The molecule has 34 heavy (non-hydrogen) atoms. The SMILES string of the molecule is CCCOc1ccc([C@H]2C(C(=O)Nc3ccccc3C)=C(C)NC3=C2C(=O)CC(C)(C)C3)cc1. The molecule has 0 unspecified atom stereocenters. The maximum Gasteiger partial charge on any atom is 0.254 e. The van der Waals surface area contributed by atoms with Gasteiger partial charge in [-0.25, -0.2) is 0 Å². The smallest absolute Gasteiger partial charge is 0.254 e. The summed E-state index contributed by atoms with van der Waals surface area (Å²) < 4.78 is 5.76. The van der Waals surface area contributed by atoms with E-state index >= 15 is 0 Å². The Kier molecular flexibility index (Phi) is 6.65. The van der Waals surface area contributed by atoms with Gasteiger partial charge in [0.05, 0.1) is 6.61 Å². The lowest BCUT2D eigenvalue weighted by atomic mass is 9.68. The average molecular weight is 459 g/mol. The first kappa shape index (κ1) is 23.8. The minimum atomic E-state index is -0.427. The molecule has 0 saturated heterocycles. The number of benzene rings is 2. The molecule has 0 bridgehead atoms. The van der Waals surface area contributed by atoms with Crippen molar-refractivity contribution in [2.24, 2.45) is 5.41 Å². The minimum Gasteiger partial charge on any atom is -0.494 e. The van der Waals surface area contributed by atoms with E-state index in [-0.39, 0.29) is 17.1 Å². The number of aryl methyl sites for hydroxylation is 1. The number of carbonyl (C=O) groups excluding carboxylic acids is 2. The molecule has 1 aliphatic heterocycles. The van der Waals surface area contributed by atoms with Crippen LogP contribution in [-0.2, 0) is 9.59 Å². The largest absolute Gasteiger partial charge is 0.494 e. The summed E-state index contributed by atoms with van der Waals surface area (Å²) in [6, 6.07) is 15.5. The van der Waals surface area contributed by atoms with Gasteiger partial charge < -0.3 is 15.4 Å². The number of ether oxygens (including phenoxy) is 1. The van der Waals surface area contributed by atoms with Gasteiger partial charge in [-0.05, 0) is 61.4 Å². The molecule has 5 heteroatoms. The van der Waals surface area contributed by atoms with Crippen LogP contribution in [0.15, 0.2) is 71.1 Å². The Balaban J connectivity index is 1.77. The number of dihydropyridines is 1. The number of hydrogen-bond acceptors (Lipinski definition) is 4. The van der Waals surface area contributed by atoms with Gasteiger partial charge in [0.15, 0.2) is 5.78 Å². The van der Waals surface area contributed by atoms with Gasteiger partial charge in [0.25, 0.3) is 5.91 Å². The molecule has 0 fully saturated rings. The molecule has 2 N–H and O–H groups in total. The van der Waals surface area contributed by atoms with E-state index in [1.165, 1.54) is 0 Å². The fourth-order valence-corrected chi connectivity index (χ4v) is 4.95. The van der Waals surface area contributed by atoms with Crippen molar-refractivity contribution in [3.8, 4) is 5.75 Å². The van der Waals surface area contributed by atoms with E-state index < -0.39 is 5.92 Å². The van der Waals surface area contributed by atoms with Crippen molar-refractivity contribution in [1.29, 1.82) is 0 Å². The Morgan fingerprint density at radius 3 is 2.47 bits per heavy atom. The fraction of sp³-hybridized carbons (Fsp3) is 0.379. The number of nitrogens with one attached hydrogen (secondary N) is 2. The second-order valence-corrected chi connectivity index (χ2v) is 10.1. The van der Waals surface area contributed by atoms with Gasteiger partial charge in [0, 0.05) is 40.6 Å². The third-order valence-corrected chi connectivity index (χ3v) is 6.56. The number of anilines is 1. The summed E-state index contributed by atoms with van der Waals surface area (Å²) in [6.45, 7) is 10.8. The first-order valence-corrected chi connectivity index (χ1v) is 12.0. The van der Waals surface area contributed by atoms with Gasteiger partial charge >= 0.3 is 0 Å². The Bertz CT molecular complexity index is 1170. The molecule has 178 valence electrons. The van der Waals surface area contributed by atoms with Gasteiger partial charge in [0.1, 0.15) is 5.75 Å². The highest BCUT2D eigenvalue weighted by Gasteiger charge is 2.42. The van der Waals surface area contributed by atoms with Crippen LogP contribution in [0.2, 0.25) is 0 Å². The zero-order valence-electron chi connectivity index (χ0n) is 20.7. The second kappa shape index (κ2) is 9.49. The van der Waals surface area contributed by atoms with Crippen molar-refractivity contribution in [3.05, 3.63) is 82.2 Å². The van der Waals surface area contributed by atoms with Gasteiger partial charge in [-0.3, -0.25) is 9.59 Å². The van der Waals surface area contributed by atoms with Gasteiger partial charge in [0.2, 0.25) is 0 Å². The summed E-state index contributed by atoms with van der Waals surface area (Å²) in [4.78, 5) is 27.1. The van der Waals surface area contributed by atoms with E-state index in [0.717, 1.165) is 46.8 Å². The minimum absolute atomic E-state index is 0.101. The van der Waals surface area contributed by atoms with Crippen molar-refractivity contribution in [3.63, 3.8) is 0 Å². The van der Waals surface area contributed by atoms with Crippen LogP contribution < -0.4 is 15.4 Å². The maximum atomic E-state index is 13.7. The number of ketones is 1. The first-order valence-electron chi connectivity index (χ1n) is 12.0. The molecule has 1 amide bonds. The van der Waals surface area contributed by atoms with Crippen LogP contribution in [-0.4, -0.2) is 18.3 Å². The summed E-state index contributed by atoms with van der Waals surface area (Å²) in [7, 11) is 0. The van der Waals surface area contributed by atoms with Crippen LogP contribution in [0.5, 0.6) is 5.75 Å². The molecule has 0 saturated carbocycles. The molecule has 5 nitrogen and oxygen atoms in total. The molecule has 4 rings (SSSR count). The van der Waals surface area contributed by atoms with Crippen molar-refractivity contribution < 1.29 is 14.3 Å². The predicted octanol–water partition coefficient (Wildman–Crippen LogP) is 6.03. The van der Waals surface area contributed by atoms with E-state index in [1.807, 2.05) is 62.4 Å². The average Bonchev–Trinajstić information content (AvgIpc) is 2.77. The molecule has 1 heterocycles. The van der Waals surface area contributed by atoms with E-state index in [0.29, 0.717) is 24.2 Å². The van der Waals surface area contributed by atoms with Crippen LogP contribution in [0.3, 0.4) is 0 Å². The fourth-order valence-electron chi connectivity index (χ4n) is 4.95. The molecular formula is C29H34N2O3. The molecule has 1 atom stereocenters. The van der Waals surface area contributed by atoms with Gasteiger partial charge in [-0.15, -0.1) is 0 Å². The van der Waals surface area contributed by atoms with E-state index in [2.05, 4.69) is 31.4 Å². The lowest BCUT2D eigenvalue weighted by Crippen LogP contribution is -2.39. The van der Waals surface area contributed by atoms with E-state index in [4.69, 9.17) is 4.74 Å². The number of para-hydroxylation sites is 1. The van der Waals surface area contributed by atoms with Crippen molar-refractivity contribution >= 4 is 17.4 Å². The Morgan fingerprint density at radius 1 is 1.09 bits per heavy atom. The number of carbonyl (C=O) groups is 2. The molecule has 1 aliphatic carbocycles. The van der Waals surface area contributed by atoms with Gasteiger partial charge in [-0.2, -0.15) is 0 Å². The van der Waals surface area contributed by atoms with Crippen molar-refractivity contribution in [2.45, 2.75) is 59.8 Å². The summed E-state index contributed by atoms with van der Waals surface area (Å²) >= 11 is 0. The van der Waals surface area contributed by atoms with E-state index in [1.54, 1.807) is 0 Å². The Morgan fingerprint density at radius 2 is 1.79 bits per heavy atom. The maximum absolute atomic E-state index is 13.7. The molecule has 2 aromatic rings. The number of Topliss-reactive ketones (excluding diaryl/α,β-unsaturated/α-hetero) is 1. The molecule has 2 aromatic carbocycles. The van der Waals surface area contributed by atoms with Crippen LogP contribution in [0.1, 0.15) is 64.0 Å². The molecule has 0 spiro atoms. The van der Waals surface area contributed by atoms with Gasteiger partial charge in [-0.1, -0.05) is 51.1 Å². The lowest BCUT2D eigenvalue weighted by Gasteiger charge is -2.39. The molecule has 0 radical (unpaired) electrons. The summed E-state index contributed by atoms with van der Waals surface area (Å²) in [5.41, 5.74) is 5.56. The van der Waals surface area contributed by atoms with Crippen LogP contribution in [0.25, 0.3) is 0 Å². The number of amides is 1. The summed E-state index contributed by atoms with van der Waals surface area (Å²) in [6.07, 6.45) is 2.17. The molecule has 2 aliphatic rings. The normalized spacial score (nSPS) is 19.4. The van der Waals surface area contributed by atoms with Crippen LogP contribution in [0, 0.1) is 12.3 Å². The molecule has 0 aromatic heterocycles. The van der Waals surface area contributed by atoms with Crippen molar-refractivity contribution in [2.75, 3.05) is 11.9 Å². The number of allylic oxidation sites excluding steroid dienone is 3. The standard InChI is InChI=1S/C29H34N2O3/c1-6-15-34-21-13-11-20(12-14-21)26-25(28(33)31-22-10-8-7-9-18(22)2)19(3)30-23-16-29(4,5)17-24(32)27(23)26/h7-14,26,30H,6,15-17H2,1-5H3,(H,31,33)/t26-/m0/s1. The predicted molar refractivity (Wildman–Crippen MR) is 136 cm³/mol. The zero-order chi connectivity index (χ0) is 24.5. The summed E-state index contributed by atoms with van der Waals surface area (Å²) in [5, 5.41) is 6.51. The quantitative estimate of drug-likeness (QED) is 0.555. The lowest BCUT2D eigenvalue weighted by molar-refractivity contribution is -0.118. The third kappa shape index (κ3) is 4.79. The third-order valence-electron chi connectivity index (χ3n) is 6.56. The highest BCUT2D eigenvalue weighted by Crippen LogP contribution is 2.47. The Hall–Kier alpha value is -3.34. The molecular weight excluding hydrogens is 424 g/mol. The van der Waals surface area contributed by atoms with Crippen LogP contribution in [0.4, 0.5) is 5.69 Å². The monoisotopic (exact) mass is 458 g/mol.